The summed E-state index contributed by atoms with van der Waals surface area (Å²) in [4.78, 5) is 10.8. The van der Waals surface area contributed by atoms with E-state index in [-0.39, 0.29) is 0 Å². The zero-order chi connectivity index (χ0) is 13.8. The van der Waals surface area contributed by atoms with Gasteiger partial charge in [0.15, 0.2) is 0 Å². The first-order valence-electron chi connectivity index (χ1n) is 5.84. The maximum absolute atomic E-state index is 10.8. The van der Waals surface area contributed by atoms with Gasteiger partial charge in [-0.25, -0.2) is 4.79 Å². The Kier molecular flexibility index (Phi) is 4.03. The molecule has 1 N–H and O–H groups in total. The van der Waals surface area contributed by atoms with Crippen LogP contribution in [-0.2, 0) is 4.79 Å². The third-order valence-corrected chi connectivity index (χ3v) is 3.15. The Bertz CT molecular complexity index is 627. The number of hydrogen-bond acceptors (Lipinski definition) is 1. The highest BCUT2D eigenvalue weighted by Crippen LogP contribution is 2.27. The number of carboxylic acid groups (broad SMARTS) is 1. The van der Waals surface area contributed by atoms with E-state index >= 15 is 0 Å². The molecular weight excluding hydrogens is 260 g/mol. The maximum atomic E-state index is 10.8. The van der Waals surface area contributed by atoms with Gasteiger partial charge in [0.2, 0.25) is 0 Å². The van der Waals surface area contributed by atoms with Crippen LogP contribution in [0.5, 0.6) is 0 Å². The number of benzene rings is 2. The van der Waals surface area contributed by atoms with Crippen LogP contribution >= 0.6 is 11.6 Å². The van der Waals surface area contributed by atoms with E-state index in [2.05, 4.69) is 0 Å². The summed E-state index contributed by atoms with van der Waals surface area (Å²) in [7, 11) is 0. The second-order valence-corrected chi connectivity index (χ2v) is 4.64. The van der Waals surface area contributed by atoms with Crippen LogP contribution in [0.3, 0.4) is 0 Å². The molecule has 0 aliphatic carbocycles. The summed E-state index contributed by atoms with van der Waals surface area (Å²) < 4.78 is 0. The topological polar surface area (TPSA) is 37.3 Å². The summed E-state index contributed by atoms with van der Waals surface area (Å²) in [6.07, 6.45) is 1.64. The molecule has 2 nitrogen and oxygen atoms in total. The van der Waals surface area contributed by atoms with Gasteiger partial charge in [-0.1, -0.05) is 54.1 Å². The van der Waals surface area contributed by atoms with Crippen molar-refractivity contribution in [2.24, 2.45) is 0 Å². The number of carboxylic acids is 1. The lowest BCUT2D eigenvalue weighted by Gasteiger charge is -2.04. The van der Waals surface area contributed by atoms with Gasteiger partial charge in [-0.05, 0) is 30.2 Å². The van der Waals surface area contributed by atoms with E-state index < -0.39 is 5.97 Å². The lowest BCUT2D eigenvalue weighted by Crippen LogP contribution is -1.95. The molecule has 0 aromatic heterocycles. The highest BCUT2D eigenvalue weighted by Gasteiger charge is 2.03. The van der Waals surface area contributed by atoms with Crippen molar-refractivity contribution in [3.8, 4) is 11.1 Å². The fraction of sp³-hybridized carbons (Fsp3) is 0.0625. The fourth-order valence-electron chi connectivity index (χ4n) is 1.77. The van der Waals surface area contributed by atoms with E-state index in [1.807, 2.05) is 48.5 Å². The van der Waals surface area contributed by atoms with E-state index in [9.17, 15) is 4.79 Å². The normalized spacial score (nSPS) is 11.4. The van der Waals surface area contributed by atoms with Crippen molar-refractivity contribution in [1.29, 1.82) is 0 Å². The minimum Gasteiger partial charge on any atom is -0.478 e. The summed E-state index contributed by atoms with van der Waals surface area (Å²) in [5.74, 6) is -0.907. The Morgan fingerprint density at radius 3 is 2.32 bits per heavy atom. The van der Waals surface area contributed by atoms with Gasteiger partial charge in [-0.15, -0.1) is 0 Å². The lowest BCUT2D eigenvalue weighted by atomic mass is 10.0. The van der Waals surface area contributed by atoms with Crippen molar-refractivity contribution in [3.63, 3.8) is 0 Å². The van der Waals surface area contributed by atoms with Crippen LogP contribution < -0.4 is 0 Å². The van der Waals surface area contributed by atoms with Crippen molar-refractivity contribution >= 4 is 23.6 Å². The average molecular weight is 273 g/mol. The van der Waals surface area contributed by atoms with Crippen LogP contribution in [0.15, 0.2) is 54.1 Å². The van der Waals surface area contributed by atoms with Crippen LogP contribution in [0.4, 0.5) is 0 Å². The first-order chi connectivity index (χ1) is 9.08. The van der Waals surface area contributed by atoms with Crippen LogP contribution in [0, 0.1) is 0 Å². The summed E-state index contributed by atoms with van der Waals surface area (Å²) in [5.41, 5.74) is 3.14. The molecule has 2 aromatic carbocycles. The Morgan fingerprint density at radius 1 is 1.11 bits per heavy atom. The Labute approximate surface area is 117 Å². The third kappa shape index (κ3) is 3.24. The standard InChI is InChI=1S/C16H13ClO2/c1-11(16(18)19)10-12-6-8-13(9-7-12)14-4-2-3-5-15(14)17/h2-10H,1H3,(H,18,19). The van der Waals surface area contributed by atoms with Crippen LogP contribution in [0.2, 0.25) is 5.02 Å². The van der Waals surface area contributed by atoms with Gasteiger partial charge < -0.3 is 5.11 Å². The molecule has 0 atom stereocenters. The largest absolute Gasteiger partial charge is 0.478 e. The zero-order valence-corrected chi connectivity index (χ0v) is 11.2. The molecule has 96 valence electrons. The molecule has 19 heavy (non-hydrogen) atoms. The molecule has 0 saturated heterocycles. The molecule has 0 unspecified atom stereocenters. The lowest BCUT2D eigenvalue weighted by molar-refractivity contribution is -0.132. The van der Waals surface area contributed by atoms with Gasteiger partial charge in [0.25, 0.3) is 0 Å². The maximum Gasteiger partial charge on any atom is 0.331 e. The molecule has 0 amide bonds. The van der Waals surface area contributed by atoms with E-state index in [0.29, 0.717) is 10.6 Å². The second-order valence-electron chi connectivity index (χ2n) is 4.23. The van der Waals surface area contributed by atoms with E-state index in [1.165, 1.54) is 0 Å². The van der Waals surface area contributed by atoms with Gasteiger partial charge in [-0.2, -0.15) is 0 Å². The molecule has 0 aliphatic rings. The first kappa shape index (κ1) is 13.4. The van der Waals surface area contributed by atoms with Gasteiger partial charge >= 0.3 is 5.97 Å². The minimum absolute atomic E-state index is 0.311. The van der Waals surface area contributed by atoms with E-state index in [4.69, 9.17) is 16.7 Å². The quantitative estimate of drug-likeness (QED) is 0.836. The molecule has 0 heterocycles. The summed E-state index contributed by atoms with van der Waals surface area (Å²) in [6.45, 7) is 1.57. The molecule has 2 rings (SSSR count). The Morgan fingerprint density at radius 2 is 1.74 bits per heavy atom. The predicted octanol–water partition coefficient (Wildman–Crippen LogP) is 4.49. The number of rotatable bonds is 3. The molecule has 0 spiro atoms. The van der Waals surface area contributed by atoms with Crippen LogP contribution in [0.1, 0.15) is 12.5 Å². The van der Waals surface area contributed by atoms with E-state index in [1.54, 1.807) is 13.0 Å². The van der Waals surface area contributed by atoms with Crippen molar-refractivity contribution in [1.82, 2.24) is 0 Å². The van der Waals surface area contributed by atoms with Crippen molar-refractivity contribution in [3.05, 3.63) is 64.7 Å². The number of aliphatic carboxylic acids is 1. The molecule has 0 fully saturated rings. The monoisotopic (exact) mass is 272 g/mol. The Hall–Kier alpha value is -2.06. The predicted molar refractivity (Wildman–Crippen MR) is 78.2 cm³/mol. The molecular formula is C16H13ClO2. The average Bonchev–Trinajstić information content (AvgIpc) is 2.40. The molecule has 0 aliphatic heterocycles. The van der Waals surface area contributed by atoms with Crippen LogP contribution in [0.25, 0.3) is 17.2 Å². The molecule has 2 aromatic rings. The second kappa shape index (κ2) is 5.72. The molecule has 0 saturated carbocycles. The van der Waals surface area contributed by atoms with Crippen LogP contribution in [-0.4, -0.2) is 11.1 Å². The molecule has 0 radical (unpaired) electrons. The Balaban J connectivity index is 2.32. The van der Waals surface area contributed by atoms with Crippen molar-refractivity contribution in [2.45, 2.75) is 6.92 Å². The van der Waals surface area contributed by atoms with Gasteiger partial charge in [-0.3, -0.25) is 0 Å². The van der Waals surface area contributed by atoms with Crippen molar-refractivity contribution < 1.29 is 9.90 Å². The minimum atomic E-state index is -0.907. The van der Waals surface area contributed by atoms with Crippen molar-refractivity contribution in [2.75, 3.05) is 0 Å². The molecule has 3 heteroatoms. The number of carbonyl (C=O) groups is 1. The summed E-state index contributed by atoms with van der Waals surface area (Å²) in [6, 6.07) is 15.2. The zero-order valence-electron chi connectivity index (χ0n) is 10.4. The first-order valence-corrected chi connectivity index (χ1v) is 6.22. The number of halogens is 1. The highest BCUT2D eigenvalue weighted by molar-refractivity contribution is 6.33. The van der Waals surface area contributed by atoms with Gasteiger partial charge in [0.1, 0.15) is 0 Å². The SMILES string of the molecule is CC(=Cc1ccc(-c2ccccc2Cl)cc1)C(=O)O. The smallest absolute Gasteiger partial charge is 0.331 e. The summed E-state index contributed by atoms with van der Waals surface area (Å²) in [5, 5.41) is 9.53. The highest BCUT2D eigenvalue weighted by atomic mass is 35.5. The fourth-order valence-corrected chi connectivity index (χ4v) is 2.01. The van der Waals surface area contributed by atoms with Gasteiger partial charge in [0, 0.05) is 16.2 Å². The third-order valence-electron chi connectivity index (χ3n) is 2.82. The van der Waals surface area contributed by atoms with Gasteiger partial charge in [0.05, 0.1) is 0 Å². The number of hydrogen-bond donors (Lipinski definition) is 1. The van der Waals surface area contributed by atoms with E-state index in [0.717, 1.165) is 16.7 Å². The molecule has 0 bridgehead atoms. The summed E-state index contributed by atoms with van der Waals surface area (Å²) >= 11 is 6.13.